The number of hydrogen-bond donors (Lipinski definition) is 0. The summed E-state index contributed by atoms with van der Waals surface area (Å²) in [6.45, 7) is 0. The van der Waals surface area contributed by atoms with E-state index in [9.17, 15) is 0 Å². The highest BCUT2D eigenvalue weighted by molar-refractivity contribution is 6.21. The van der Waals surface area contributed by atoms with Crippen LogP contribution < -0.4 is 0 Å². The SMILES string of the molecule is c1ccc(-c2c3ccccc3c(-c3ccc(-c4ccc5ncn(-c6ccccc6)c5c4)cc3)c3ccccc23)cc1. The van der Waals surface area contributed by atoms with E-state index in [0.717, 1.165) is 16.7 Å². The van der Waals surface area contributed by atoms with Gasteiger partial charge in [-0.1, -0.05) is 127 Å². The van der Waals surface area contributed by atoms with Crippen molar-refractivity contribution in [2.45, 2.75) is 0 Å². The number of nitrogens with zero attached hydrogens (tertiary/aromatic N) is 2. The zero-order chi connectivity index (χ0) is 27.2. The van der Waals surface area contributed by atoms with Crippen LogP contribution in [0.2, 0.25) is 0 Å². The highest BCUT2D eigenvalue weighted by atomic mass is 15.0. The molecule has 0 amide bonds. The molecule has 2 heteroatoms. The van der Waals surface area contributed by atoms with Crippen LogP contribution in [0.3, 0.4) is 0 Å². The second-order valence-corrected chi connectivity index (χ2v) is 10.4. The van der Waals surface area contributed by atoms with E-state index in [4.69, 9.17) is 0 Å². The average Bonchev–Trinajstić information content (AvgIpc) is 3.48. The van der Waals surface area contributed by atoms with Gasteiger partial charge < -0.3 is 0 Å². The predicted molar refractivity (Wildman–Crippen MR) is 172 cm³/mol. The molecular formula is C39H26N2. The Morgan fingerprint density at radius 2 is 0.854 bits per heavy atom. The summed E-state index contributed by atoms with van der Waals surface area (Å²) in [5, 5.41) is 5.09. The summed E-state index contributed by atoms with van der Waals surface area (Å²) >= 11 is 0. The first-order valence-electron chi connectivity index (χ1n) is 14.0. The number of fused-ring (bicyclic) bond motifs is 3. The zero-order valence-corrected chi connectivity index (χ0v) is 22.4. The van der Waals surface area contributed by atoms with Crippen LogP contribution >= 0.6 is 0 Å². The molecule has 7 aromatic carbocycles. The van der Waals surface area contributed by atoms with Gasteiger partial charge in [0, 0.05) is 5.69 Å². The fourth-order valence-corrected chi connectivity index (χ4v) is 6.17. The normalized spacial score (nSPS) is 11.4. The Bertz CT molecular complexity index is 2120. The Balaban J connectivity index is 1.28. The predicted octanol–water partition coefficient (Wildman–Crippen LogP) is 10.3. The van der Waals surface area contributed by atoms with Gasteiger partial charge in [-0.3, -0.25) is 4.57 Å². The van der Waals surface area contributed by atoms with Gasteiger partial charge in [-0.25, -0.2) is 4.98 Å². The third-order valence-electron chi connectivity index (χ3n) is 8.08. The maximum atomic E-state index is 4.63. The standard InChI is InChI=1S/C39H26N2/c1-3-11-28(12-4-1)38-32-15-7-9-17-34(32)39(35-18-10-8-16-33(35)38)29-21-19-27(20-22-29)30-23-24-36-37(25-30)41(26-40-36)31-13-5-2-6-14-31/h1-26H. The molecule has 0 N–H and O–H groups in total. The van der Waals surface area contributed by atoms with E-state index >= 15 is 0 Å². The lowest BCUT2D eigenvalue weighted by molar-refractivity contribution is 1.09. The number of aromatic nitrogens is 2. The van der Waals surface area contributed by atoms with Gasteiger partial charge in [-0.15, -0.1) is 0 Å². The van der Waals surface area contributed by atoms with Crippen LogP contribution in [-0.2, 0) is 0 Å². The van der Waals surface area contributed by atoms with E-state index in [2.05, 4.69) is 155 Å². The fraction of sp³-hybridized carbons (Fsp3) is 0. The number of para-hydroxylation sites is 1. The van der Waals surface area contributed by atoms with Gasteiger partial charge in [0.15, 0.2) is 0 Å². The Labute approximate surface area is 238 Å². The number of hydrogen-bond acceptors (Lipinski definition) is 1. The highest BCUT2D eigenvalue weighted by Crippen LogP contribution is 2.43. The molecule has 8 rings (SSSR count). The van der Waals surface area contributed by atoms with E-state index in [0.29, 0.717) is 0 Å². The minimum Gasteiger partial charge on any atom is -0.299 e. The van der Waals surface area contributed by atoms with Gasteiger partial charge in [-0.2, -0.15) is 0 Å². The Morgan fingerprint density at radius 1 is 0.390 bits per heavy atom. The van der Waals surface area contributed by atoms with E-state index in [1.54, 1.807) is 0 Å². The quantitative estimate of drug-likeness (QED) is 0.210. The van der Waals surface area contributed by atoms with Gasteiger partial charge in [0.25, 0.3) is 0 Å². The third-order valence-corrected chi connectivity index (χ3v) is 8.08. The van der Waals surface area contributed by atoms with Gasteiger partial charge >= 0.3 is 0 Å². The molecular weight excluding hydrogens is 496 g/mol. The maximum Gasteiger partial charge on any atom is 0.100 e. The van der Waals surface area contributed by atoms with E-state index in [1.165, 1.54) is 54.9 Å². The summed E-state index contributed by atoms with van der Waals surface area (Å²) < 4.78 is 2.15. The highest BCUT2D eigenvalue weighted by Gasteiger charge is 2.16. The minimum atomic E-state index is 0.991. The summed E-state index contributed by atoms with van der Waals surface area (Å²) in [4.78, 5) is 4.63. The van der Waals surface area contributed by atoms with Gasteiger partial charge in [0.1, 0.15) is 6.33 Å². The van der Waals surface area contributed by atoms with Crippen LogP contribution in [0.5, 0.6) is 0 Å². The van der Waals surface area contributed by atoms with Crippen LogP contribution in [0, 0.1) is 0 Å². The van der Waals surface area contributed by atoms with Gasteiger partial charge in [-0.05, 0) is 79.2 Å². The number of imidazole rings is 1. The molecule has 0 bridgehead atoms. The van der Waals surface area contributed by atoms with Gasteiger partial charge in [0.2, 0.25) is 0 Å². The maximum absolute atomic E-state index is 4.63. The first-order chi connectivity index (χ1) is 20.3. The molecule has 0 aliphatic carbocycles. The number of rotatable bonds is 4. The first kappa shape index (κ1) is 23.4. The summed E-state index contributed by atoms with van der Waals surface area (Å²) in [5.74, 6) is 0. The molecule has 0 radical (unpaired) electrons. The van der Waals surface area contributed by atoms with Crippen molar-refractivity contribution in [3.8, 4) is 39.1 Å². The molecule has 0 saturated carbocycles. The van der Waals surface area contributed by atoms with Crippen molar-refractivity contribution in [3.05, 3.63) is 158 Å². The summed E-state index contributed by atoms with van der Waals surface area (Å²) in [6.07, 6.45) is 1.90. The van der Waals surface area contributed by atoms with Crippen molar-refractivity contribution >= 4 is 32.6 Å². The second kappa shape index (κ2) is 9.62. The lowest BCUT2D eigenvalue weighted by Gasteiger charge is -2.18. The molecule has 1 aromatic heterocycles. The topological polar surface area (TPSA) is 17.8 Å². The van der Waals surface area contributed by atoms with Crippen molar-refractivity contribution in [1.29, 1.82) is 0 Å². The average molecular weight is 523 g/mol. The largest absolute Gasteiger partial charge is 0.299 e. The van der Waals surface area contributed by atoms with Crippen molar-refractivity contribution in [3.63, 3.8) is 0 Å². The van der Waals surface area contributed by atoms with Crippen LogP contribution in [0.25, 0.3) is 71.6 Å². The Kier molecular flexibility index (Phi) is 5.49. The second-order valence-electron chi connectivity index (χ2n) is 10.4. The van der Waals surface area contributed by atoms with Crippen molar-refractivity contribution in [2.75, 3.05) is 0 Å². The Hall–Kier alpha value is -5.47. The van der Waals surface area contributed by atoms with Crippen LogP contribution in [0.4, 0.5) is 0 Å². The molecule has 0 saturated heterocycles. The summed E-state index contributed by atoms with van der Waals surface area (Å²) in [5.41, 5.74) is 10.6. The van der Waals surface area contributed by atoms with Crippen molar-refractivity contribution < 1.29 is 0 Å². The molecule has 2 nitrogen and oxygen atoms in total. The lowest BCUT2D eigenvalue weighted by atomic mass is 9.86. The number of benzene rings is 7. The minimum absolute atomic E-state index is 0.991. The molecule has 0 aliphatic rings. The molecule has 0 spiro atoms. The fourth-order valence-electron chi connectivity index (χ4n) is 6.17. The van der Waals surface area contributed by atoms with Crippen LogP contribution in [0.15, 0.2) is 158 Å². The van der Waals surface area contributed by atoms with Gasteiger partial charge in [0.05, 0.1) is 11.0 Å². The molecule has 0 fully saturated rings. The first-order valence-corrected chi connectivity index (χ1v) is 14.0. The summed E-state index contributed by atoms with van der Waals surface area (Å²) in [6, 6.07) is 54.3. The van der Waals surface area contributed by atoms with Crippen LogP contribution in [-0.4, -0.2) is 9.55 Å². The van der Waals surface area contributed by atoms with Crippen molar-refractivity contribution in [1.82, 2.24) is 9.55 Å². The zero-order valence-electron chi connectivity index (χ0n) is 22.4. The molecule has 8 aromatic rings. The van der Waals surface area contributed by atoms with E-state index < -0.39 is 0 Å². The van der Waals surface area contributed by atoms with E-state index in [-0.39, 0.29) is 0 Å². The molecule has 1 heterocycles. The molecule has 0 atom stereocenters. The van der Waals surface area contributed by atoms with Crippen molar-refractivity contribution in [2.24, 2.45) is 0 Å². The summed E-state index contributed by atoms with van der Waals surface area (Å²) in [7, 11) is 0. The smallest absolute Gasteiger partial charge is 0.100 e. The van der Waals surface area contributed by atoms with Crippen LogP contribution in [0.1, 0.15) is 0 Å². The molecule has 0 aliphatic heterocycles. The molecule has 192 valence electrons. The molecule has 41 heavy (non-hydrogen) atoms. The lowest BCUT2D eigenvalue weighted by Crippen LogP contribution is -1.91. The Morgan fingerprint density at radius 3 is 1.44 bits per heavy atom. The van der Waals surface area contributed by atoms with E-state index in [1.807, 2.05) is 12.4 Å². The monoisotopic (exact) mass is 522 g/mol. The molecule has 0 unspecified atom stereocenters. The third kappa shape index (κ3) is 3.92.